The van der Waals surface area contributed by atoms with E-state index in [1.165, 1.54) is 0 Å². The highest BCUT2D eigenvalue weighted by Crippen LogP contribution is 2.21. The van der Waals surface area contributed by atoms with Gasteiger partial charge >= 0.3 is 0 Å². The second-order valence-corrected chi connectivity index (χ2v) is 9.08. The molecule has 3 aromatic rings. The van der Waals surface area contributed by atoms with Crippen molar-refractivity contribution in [3.05, 3.63) is 101 Å². The van der Waals surface area contributed by atoms with E-state index in [0.717, 1.165) is 22.3 Å². The van der Waals surface area contributed by atoms with Crippen LogP contribution in [-0.4, -0.2) is 14.3 Å². The monoisotopic (exact) mass is 422 g/mol. The third-order valence-corrected chi connectivity index (χ3v) is 6.32. The Morgan fingerprint density at radius 2 is 1.40 bits per heavy atom. The van der Waals surface area contributed by atoms with Gasteiger partial charge in [-0.25, -0.2) is 13.1 Å². The first-order valence-corrected chi connectivity index (χ1v) is 11.3. The minimum absolute atomic E-state index is 0.000978. The number of hydrogen-bond donors (Lipinski definition) is 2. The van der Waals surface area contributed by atoms with Crippen LogP contribution in [0.3, 0.4) is 0 Å². The van der Waals surface area contributed by atoms with E-state index < -0.39 is 16.1 Å². The summed E-state index contributed by atoms with van der Waals surface area (Å²) in [6, 6.07) is 23.1. The van der Waals surface area contributed by atoms with E-state index in [4.69, 9.17) is 0 Å². The van der Waals surface area contributed by atoms with Gasteiger partial charge in [0, 0.05) is 13.0 Å². The summed E-state index contributed by atoms with van der Waals surface area (Å²) in [5.41, 5.74) is 3.76. The number of amides is 1. The molecule has 156 valence electrons. The van der Waals surface area contributed by atoms with E-state index in [1.807, 2.05) is 68.4 Å². The molecule has 0 bridgehead atoms. The fraction of sp³-hybridized carbons (Fsp3) is 0.208. The number of nitrogens with one attached hydrogen (secondary N) is 2. The molecular formula is C24H26N2O3S. The van der Waals surface area contributed by atoms with Crippen molar-refractivity contribution in [3.63, 3.8) is 0 Å². The second-order valence-electron chi connectivity index (χ2n) is 7.36. The van der Waals surface area contributed by atoms with E-state index >= 15 is 0 Å². The average molecular weight is 423 g/mol. The molecule has 0 aliphatic carbocycles. The lowest BCUT2D eigenvalue weighted by atomic mass is 10.0. The summed E-state index contributed by atoms with van der Waals surface area (Å²) in [6.07, 6.45) is 0.000978. The third-order valence-electron chi connectivity index (χ3n) is 4.83. The molecule has 0 aliphatic rings. The standard InChI is InChI=1S/C24H26N2O3S/c1-18-8-12-21(13-9-18)23(16-24(27)25-17-20-6-4-3-5-7-20)26-30(28,29)22-14-10-19(2)11-15-22/h3-15,23,26H,16-17H2,1-2H3,(H,25,27)/t23-/m0/s1. The van der Waals surface area contributed by atoms with Crippen LogP contribution in [0.25, 0.3) is 0 Å². The van der Waals surface area contributed by atoms with Crippen LogP contribution in [0.1, 0.15) is 34.7 Å². The fourth-order valence-corrected chi connectivity index (χ4v) is 4.28. The quantitative estimate of drug-likeness (QED) is 0.576. The first kappa shape index (κ1) is 21.7. The number of aryl methyl sites for hydroxylation is 2. The first-order valence-electron chi connectivity index (χ1n) is 9.80. The molecule has 3 rings (SSSR count). The summed E-state index contributed by atoms with van der Waals surface area (Å²) in [6.45, 7) is 4.25. The molecule has 0 fully saturated rings. The smallest absolute Gasteiger partial charge is 0.241 e. The van der Waals surface area contributed by atoms with Crippen molar-refractivity contribution >= 4 is 15.9 Å². The normalized spacial score (nSPS) is 12.3. The molecule has 0 radical (unpaired) electrons. The van der Waals surface area contributed by atoms with Crippen molar-refractivity contribution in [3.8, 4) is 0 Å². The van der Waals surface area contributed by atoms with Gasteiger partial charge in [-0.1, -0.05) is 77.9 Å². The minimum atomic E-state index is -3.78. The Hall–Kier alpha value is -2.96. The van der Waals surface area contributed by atoms with E-state index in [2.05, 4.69) is 10.0 Å². The van der Waals surface area contributed by atoms with Crippen molar-refractivity contribution in [1.29, 1.82) is 0 Å². The number of carbonyl (C=O) groups excluding carboxylic acids is 1. The maximum atomic E-state index is 12.9. The maximum absolute atomic E-state index is 12.9. The lowest BCUT2D eigenvalue weighted by molar-refractivity contribution is -0.121. The molecule has 0 aliphatic heterocycles. The zero-order chi connectivity index (χ0) is 21.6. The van der Waals surface area contributed by atoms with Crippen LogP contribution in [-0.2, 0) is 21.4 Å². The van der Waals surface area contributed by atoms with Gasteiger partial charge in [0.25, 0.3) is 0 Å². The van der Waals surface area contributed by atoms with Gasteiger partial charge in [0.1, 0.15) is 0 Å². The zero-order valence-electron chi connectivity index (χ0n) is 17.1. The summed E-state index contributed by atoms with van der Waals surface area (Å²) in [7, 11) is -3.78. The van der Waals surface area contributed by atoms with Gasteiger partial charge in [0.15, 0.2) is 0 Å². The molecule has 0 aromatic heterocycles. The summed E-state index contributed by atoms with van der Waals surface area (Å²) in [5, 5.41) is 2.87. The molecule has 6 heteroatoms. The number of sulfonamides is 1. The molecule has 0 unspecified atom stereocenters. The molecule has 1 atom stereocenters. The molecule has 1 amide bonds. The topological polar surface area (TPSA) is 75.3 Å². The van der Waals surface area contributed by atoms with Crippen molar-refractivity contribution in [1.82, 2.24) is 10.0 Å². The summed E-state index contributed by atoms with van der Waals surface area (Å²) in [5.74, 6) is -0.226. The van der Waals surface area contributed by atoms with Crippen molar-refractivity contribution < 1.29 is 13.2 Å². The molecule has 0 saturated carbocycles. The van der Waals surface area contributed by atoms with Crippen LogP contribution in [0, 0.1) is 13.8 Å². The molecule has 0 spiro atoms. The van der Waals surface area contributed by atoms with Crippen LogP contribution < -0.4 is 10.0 Å². The van der Waals surface area contributed by atoms with Crippen molar-refractivity contribution in [2.24, 2.45) is 0 Å². The van der Waals surface area contributed by atoms with E-state index in [1.54, 1.807) is 24.3 Å². The molecule has 5 nitrogen and oxygen atoms in total. The van der Waals surface area contributed by atoms with Crippen molar-refractivity contribution in [2.45, 2.75) is 37.8 Å². The third kappa shape index (κ3) is 6.02. The predicted octanol–water partition coefficient (Wildman–Crippen LogP) is 4.03. The molecular weight excluding hydrogens is 396 g/mol. The molecule has 3 aromatic carbocycles. The van der Waals surface area contributed by atoms with Gasteiger partial charge in [-0.15, -0.1) is 0 Å². The van der Waals surface area contributed by atoms with Gasteiger partial charge in [0.05, 0.1) is 10.9 Å². The predicted molar refractivity (Wildman–Crippen MR) is 118 cm³/mol. The van der Waals surface area contributed by atoms with Crippen LogP contribution >= 0.6 is 0 Å². The van der Waals surface area contributed by atoms with Gasteiger partial charge < -0.3 is 5.32 Å². The Labute approximate surface area is 178 Å². The maximum Gasteiger partial charge on any atom is 0.241 e. The Kier molecular flexibility index (Phi) is 7.03. The van der Waals surface area contributed by atoms with E-state index in [0.29, 0.717) is 6.54 Å². The van der Waals surface area contributed by atoms with Crippen molar-refractivity contribution in [2.75, 3.05) is 0 Å². The highest BCUT2D eigenvalue weighted by Gasteiger charge is 2.23. The van der Waals surface area contributed by atoms with Gasteiger partial charge in [-0.05, 0) is 37.1 Å². The van der Waals surface area contributed by atoms with Crippen LogP contribution in [0.4, 0.5) is 0 Å². The molecule has 0 saturated heterocycles. The average Bonchev–Trinajstić information content (AvgIpc) is 2.73. The van der Waals surface area contributed by atoms with Crippen LogP contribution in [0.2, 0.25) is 0 Å². The Bertz CT molecular complexity index is 1080. The van der Waals surface area contributed by atoms with Gasteiger partial charge in [-0.2, -0.15) is 0 Å². The Balaban J connectivity index is 1.77. The van der Waals surface area contributed by atoms with Crippen LogP contribution in [0.5, 0.6) is 0 Å². The highest BCUT2D eigenvalue weighted by molar-refractivity contribution is 7.89. The summed E-state index contributed by atoms with van der Waals surface area (Å²) < 4.78 is 28.5. The highest BCUT2D eigenvalue weighted by atomic mass is 32.2. The molecule has 2 N–H and O–H groups in total. The molecule has 30 heavy (non-hydrogen) atoms. The second kappa shape index (κ2) is 9.69. The Morgan fingerprint density at radius 1 is 0.833 bits per heavy atom. The Morgan fingerprint density at radius 3 is 2.00 bits per heavy atom. The largest absolute Gasteiger partial charge is 0.352 e. The molecule has 0 heterocycles. The van der Waals surface area contributed by atoms with E-state index in [-0.39, 0.29) is 17.2 Å². The first-order chi connectivity index (χ1) is 14.3. The number of hydrogen-bond acceptors (Lipinski definition) is 3. The lowest BCUT2D eigenvalue weighted by Gasteiger charge is -2.19. The fourth-order valence-electron chi connectivity index (χ4n) is 3.05. The zero-order valence-corrected chi connectivity index (χ0v) is 17.9. The van der Waals surface area contributed by atoms with E-state index in [9.17, 15) is 13.2 Å². The van der Waals surface area contributed by atoms with Gasteiger partial charge in [-0.3, -0.25) is 4.79 Å². The van der Waals surface area contributed by atoms with Gasteiger partial charge in [0.2, 0.25) is 15.9 Å². The summed E-state index contributed by atoms with van der Waals surface area (Å²) in [4.78, 5) is 12.8. The number of rotatable bonds is 8. The lowest BCUT2D eigenvalue weighted by Crippen LogP contribution is -2.33. The number of benzene rings is 3. The summed E-state index contributed by atoms with van der Waals surface area (Å²) >= 11 is 0. The SMILES string of the molecule is Cc1ccc([C@H](CC(=O)NCc2ccccc2)NS(=O)(=O)c2ccc(C)cc2)cc1. The minimum Gasteiger partial charge on any atom is -0.352 e. The number of carbonyl (C=O) groups is 1. The van der Waals surface area contributed by atoms with Crippen LogP contribution in [0.15, 0.2) is 83.8 Å².